The summed E-state index contributed by atoms with van der Waals surface area (Å²) in [5, 5.41) is 11.4. The van der Waals surface area contributed by atoms with Gasteiger partial charge in [0.2, 0.25) is 0 Å². The number of hydrogen-bond donors (Lipinski definition) is 0. The highest BCUT2D eigenvalue weighted by Gasteiger charge is 2.33. The van der Waals surface area contributed by atoms with Gasteiger partial charge in [-0.1, -0.05) is 103 Å². The Labute approximate surface area is 279 Å². The van der Waals surface area contributed by atoms with Crippen LogP contribution in [0.15, 0.2) is 146 Å². The molecule has 234 valence electrons. The Morgan fingerprint density at radius 2 is 1.10 bits per heavy atom. The van der Waals surface area contributed by atoms with Gasteiger partial charge in [-0.15, -0.1) is 0 Å². The Morgan fingerprint density at radius 3 is 1.78 bits per heavy atom. The summed E-state index contributed by atoms with van der Waals surface area (Å²) in [6.45, 7) is 0. The Kier molecular flexibility index (Phi) is 7.23. The van der Waals surface area contributed by atoms with E-state index in [1.165, 1.54) is 12.1 Å². The van der Waals surface area contributed by atoms with Gasteiger partial charge in [0.25, 0.3) is 0 Å². The molecule has 0 saturated heterocycles. The molecule has 0 aliphatic heterocycles. The maximum Gasteiger partial charge on any atom is 0.417 e. The topological polar surface area (TPSA) is 67.4 Å². The molecule has 0 N–H and O–H groups in total. The molecule has 0 radical (unpaired) electrons. The quantitative estimate of drug-likeness (QED) is 0.187. The van der Waals surface area contributed by atoms with Crippen LogP contribution in [0.25, 0.3) is 72.8 Å². The average Bonchev–Trinajstić information content (AvgIpc) is 3.48. The summed E-state index contributed by atoms with van der Waals surface area (Å²) in [7, 11) is 0. The Balaban J connectivity index is 1.47. The Bertz CT molecular complexity index is 2490. The minimum absolute atomic E-state index is 0.0564. The molecule has 5 nitrogen and oxygen atoms in total. The van der Waals surface area contributed by atoms with Gasteiger partial charge in [0.1, 0.15) is 0 Å². The third-order valence-electron chi connectivity index (χ3n) is 8.52. The summed E-state index contributed by atoms with van der Waals surface area (Å²) in [6, 6.07) is 45.4. The molecule has 49 heavy (non-hydrogen) atoms. The SMILES string of the molecule is N#Cc1ccc2c(c1)c1ccccc1n2-c1cc(-c2ccccc2C(F)(F)F)ccc1-c1nc(-c2ccccc2)nc(-c2ccccc2)n1. The maximum absolute atomic E-state index is 14.3. The van der Waals surface area contributed by atoms with Crippen molar-refractivity contribution in [2.24, 2.45) is 0 Å². The normalized spacial score (nSPS) is 11.6. The lowest BCUT2D eigenvalue weighted by molar-refractivity contribution is -0.137. The van der Waals surface area contributed by atoms with Gasteiger partial charge in [-0.3, -0.25) is 0 Å². The van der Waals surface area contributed by atoms with E-state index in [2.05, 4.69) is 6.07 Å². The minimum Gasteiger partial charge on any atom is -0.308 e. The van der Waals surface area contributed by atoms with Crippen LogP contribution >= 0.6 is 0 Å². The van der Waals surface area contributed by atoms with Crippen molar-refractivity contribution in [1.29, 1.82) is 5.26 Å². The van der Waals surface area contributed by atoms with Gasteiger partial charge < -0.3 is 4.57 Å². The molecule has 8 rings (SSSR count). The van der Waals surface area contributed by atoms with E-state index in [1.54, 1.807) is 30.3 Å². The second-order valence-corrected chi connectivity index (χ2v) is 11.5. The molecule has 0 aliphatic carbocycles. The number of nitrogens with zero attached hydrogens (tertiary/aromatic N) is 5. The fraction of sp³-hybridized carbons (Fsp3) is 0.0244. The molecular formula is C41H24F3N5. The van der Waals surface area contributed by atoms with Crippen molar-refractivity contribution in [3.8, 4) is 57.0 Å². The average molecular weight is 644 g/mol. The van der Waals surface area contributed by atoms with E-state index in [4.69, 9.17) is 15.0 Å². The number of alkyl halides is 3. The first kappa shape index (κ1) is 29.8. The van der Waals surface area contributed by atoms with Crippen LogP contribution in [0.1, 0.15) is 11.1 Å². The van der Waals surface area contributed by atoms with Gasteiger partial charge in [-0.05, 0) is 53.6 Å². The first-order chi connectivity index (χ1) is 23.9. The predicted molar refractivity (Wildman–Crippen MR) is 186 cm³/mol. The first-order valence-electron chi connectivity index (χ1n) is 15.5. The predicted octanol–water partition coefficient (Wildman–Crippen LogP) is 10.5. The third-order valence-corrected chi connectivity index (χ3v) is 8.52. The van der Waals surface area contributed by atoms with Gasteiger partial charge in [-0.2, -0.15) is 18.4 Å². The highest BCUT2D eigenvalue weighted by Crippen LogP contribution is 2.41. The standard InChI is InChI=1S/C41H24F3N5/c42-41(43,44)34-17-9-7-15-30(34)29-20-21-32(37(24-29)49-35-18-10-8-16-31(35)33-23-26(25-45)19-22-36(33)49)40-47-38(27-11-3-1-4-12-27)46-39(48-40)28-13-5-2-6-14-28/h1-24H. The van der Waals surface area contributed by atoms with Crippen LogP contribution < -0.4 is 0 Å². The number of aromatic nitrogens is 4. The highest BCUT2D eigenvalue weighted by atomic mass is 19.4. The molecule has 6 aromatic carbocycles. The molecule has 2 heterocycles. The number of halogens is 3. The third kappa shape index (κ3) is 5.37. The van der Waals surface area contributed by atoms with Gasteiger partial charge in [-0.25, -0.2) is 15.0 Å². The molecule has 0 unspecified atom stereocenters. The van der Waals surface area contributed by atoms with E-state index in [9.17, 15) is 18.4 Å². The smallest absolute Gasteiger partial charge is 0.308 e. The molecule has 8 heteroatoms. The van der Waals surface area contributed by atoms with E-state index in [0.717, 1.165) is 39.0 Å². The zero-order chi connectivity index (χ0) is 33.5. The summed E-state index contributed by atoms with van der Waals surface area (Å²) < 4.78 is 44.9. The molecule has 0 bridgehead atoms. The number of rotatable bonds is 5. The number of hydrogen-bond acceptors (Lipinski definition) is 4. The summed E-state index contributed by atoms with van der Waals surface area (Å²) in [5.41, 5.74) is 4.56. The van der Waals surface area contributed by atoms with Crippen LogP contribution in [0.3, 0.4) is 0 Å². The summed E-state index contributed by atoms with van der Waals surface area (Å²) >= 11 is 0. The van der Waals surface area contributed by atoms with Crippen molar-refractivity contribution >= 4 is 21.8 Å². The lowest BCUT2D eigenvalue weighted by atomic mass is 9.97. The zero-order valence-electron chi connectivity index (χ0n) is 25.7. The van der Waals surface area contributed by atoms with Crippen molar-refractivity contribution < 1.29 is 13.2 Å². The first-order valence-corrected chi connectivity index (χ1v) is 15.5. The Hall–Kier alpha value is -6.59. The number of benzene rings is 6. The summed E-state index contributed by atoms with van der Waals surface area (Å²) in [6.07, 6.45) is -4.56. The summed E-state index contributed by atoms with van der Waals surface area (Å²) in [4.78, 5) is 14.7. The van der Waals surface area contributed by atoms with Gasteiger partial charge in [0.05, 0.1) is 33.9 Å². The van der Waals surface area contributed by atoms with Gasteiger partial charge >= 0.3 is 6.18 Å². The van der Waals surface area contributed by atoms with Crippen LogP contribution in [0, 0.1) is 11.3 Å². The largest absolute Gasteiger partial charge is 0.417 e. The van der Waals surface area contributed by atoms with Crippen molar-refractivity contribution in [2.45, 2.75) is 6.18 Å². The van der Waals surface area contributed by atoms with E-state index in [0.29, 0.717) is 39.9 Å². The molecule has 8 aromatic rings. The monoisotopic (exact) mass is 643 g/mol. The van der Waals surface area contributed by atoms with Crippen LogP contribution in [0.4, 0.5) is 13.2 Å². The van der Waals surface area contributed by atoms with Crippen molar-refractivity contribution in [3.63, 3.8) is 0 Å². The van der Waals surface area contributed by atoms with Crippen LogP contribution in [0.5, 0.6) is 0 Å². The lowest BCUT2D eigenvalue weighted by Crippen LogP contribution is -2.07. The number of para-hydroxylation sites is 1. The van der Waals surface area contributed by atoms with E-state index >= 15 is 0 Å². The Morgan fingerprint density at radius 1 is 0.510 bits per heavy atom. The van der Waals surface area contributed by atoms with Gasteiger partial charge in [0, 0.05) is 27.5 Å². The van der Waals surface area contributed by atoms with Crippen molar-refractivity contribution in [3.05, 3.63) is 157 Å². The highest BCUT2D eigenvalue weighted by molar-refractivity contribution is 6.10. The fourth-order valence-corrected chi connectivity index (χ4v) is 6.29. The van der Waals surface area contributed by atoms with E-state index in [1.807, 2.05) is 102 Å². The van der Waals surface area contributed by atoms with Crippen LogP contribution in [0.2, 0.25) is 0 Å². The molecule has 0 fully saturated rings. The molecule has 0 atom stereocenters. The fourth-order valence-electron chi connectivity index (χ4n) is 6.29. The molecule has 0 aliphatic rings. The van der Waals surface area contributed by atoms with Crippen molar-refractivity contribution in [2.75, 3.05) is 0 Å². The molecule has 2 aromatic heterocycles. The minimum atomic E-state index is -4.56. The van der Waals surface area contributed by atoms with Gasteiger partial charge in [0.15, 0.2) is 17.5 Å². The summed E-state index contributed by atoms with van der Waals surface area (Å²) in [5.74, 6) is 1.28. The van der Waals surface area contributed by atoms with E-state index in [-0.39, 0.29) is 5.56 Å². The second kappa shape index (κ2) is 11.9. The zero-order valence-corrected chi connectivity index (χ0v) is 25.7. The molecular weight excluding hydrogens is 619 g/mol. The van der Waals surface area contributed by atoms with Crippen LogP contribution in [-0.2, 0) is 6.18 Å². The number of nitriles is 1. The molecule has 0 spiro atoms. The maximum atomic E-state index is 14.3. The number of fused-ring (bicyclic) bond motifs is 3. The van der Waals surface area contributed by atoms with Crippen molar-refractivity contribution in [1.82, 2.24) is 19.5 Å². The molecule has 0 saturated carbocycles. The van der Waals surface area contributed by atoms with Crippen LogP contribution in [-0.4, -0.2) is 19.5 Å². The lowest BCUT2D eigenvalue weighted by Gasteiger charge is -2.18. The second-order valence-electron chi connectivity index (χ2n) is 11.5. The molecule has 0 amide bonds. The van der Waals surface area contributed by atoms with E-state index < -0.39 is 11.7 Å².